The van der Waals surface area contributed by atoms with Gasteiger partial charge < -0.3 is 5.32 Å². The fraction of sp³-hybridized carbons (Fsp3) is 0.647. The molecule has 2 saturated carbocycles. The van der Waals surface area contributed by atoms with Gasteiger partial charge in [0, 0.05) is 23.9 Å². The Morgan fingerprint density at radius 1 is 1.29 bits per heavy atom. The lowest BCUT2D eigenvalue weighted by Crippen LogP contribution is -2.45. The number of benzene rings is 1. The number of hydrogen-bond donors (Lipinski definition) is 1. The first kappa shape index (κ1) is 14.4. The highest BCUT2D eigenvalue weighted by Crippen LogP contribution is 2.63. The lowest BCUT2D eigenvalue weighted by molar-refractivity contribution is -0.384. The standard InChI is InChI=1S/C17H24N2O2/c1-11-7-13(9-14(8-11)19(20)21)18-15-16(2,3)12-5-6-17(15,4)10-12/h7-9,12,15,18H,5-6,10H2,1-4H3. The van der Waals surface area contributed by atoms with Crippen LogP contribution in [0.1, 0.15) is 45.6 Å². The van der Waals surface area contributed by atoms with Crippen molar-refractivity contribution in [2.75, 3.05) is 5.32 Å². The first-order chi connectivity index (χ1) is 9.72. The number of anilines is 1. The molecule has 3 atom stereocenters. The van der Waals surface area contributed by atoms with Gasteiger partial charge in [0.25, 0.3) is 5.69 Å². The number of aryl methyl sites for hydroxylation is 1. The van der Waals surface area contributed by atoms with Crippen molar-refractivity contribution in [2.45, 2.75) is 53.0 Å². The van der Waals surface area contributed by atoms with Gasteiger partial charge in [0.1, 0.15) is 0 Å². The van der Waals surface area contributed by atoms with Crippen molar-refractivity contribution in [3.05, 3.63) is 33.9 Å². The predicted octanol–water partition coefficient (Wildman–Crippen LogP) is 4.53. The molecular formula is C17H24N2O2. The number of rotatable bonds is 3. The molecule has 114 valence electrons. The summed E-state index contributed by atoms with van der Waals surface area (Å²) >= 11 is 0. The highest BCUT2D eigenvalue weighted by Gasteiger charge is 2.59. The molecule has 3 unspecified atom stereocenters. The number of nitrogens with zero attached hydrogens (tertiary/aromatic N) is 1. The Balaban J connectivity index is 1.92. The Kier molecular flexibility index (Phi) is 3.05. The van der Waals surface area contributed by atoms with E-state index in [9.17, 15) is 10.1 Å². The molecule has 0 radical (unpaired) electrons. The predicted molar refractivity (Wildman–Crippen MR) is 84.5 cm³/mol. The zero-order chi connectivity index (χ0) is 15.4. The monoisotopic (exact) mass is 288 g/mol. The third-order valence-corrected chi connectivity index (χ3v) is 5.85. The van der Waals surface area contributed by atoms with Gasteiger partial charge in [0.2, 0.25) is 0 Å². The van der Waals surface area contributed by atoms with Crippen LogP contribution in [0.5, 0.6) is 0 Å². The Bertz CT molecular complexity index is 592. The Morgan fingerprint density at radius 3 is 2.57 bits per heavy atom. The average molecular weight is 288 g/mol. The molecule has 0 heterocycles. The summed E-state index contributed by atoms with van der Waals surface area (Å²) in [7, 11) is 0. The van der Waals surface area contributed by atoms with Gasteiger partial charge in [-0.2, -0.15) is 0 Å². The molecule has 4 heteroatoms. The molecule has 2 aliphatic carbocycles. The summed E-state index contributed by atoms with van der Waals surface area (Å²) in [6.45, 7) is 8.95. The van der Waals surface area contributed by atoms with Crippen LogP contribution in [0, 0.1) is 33.8 Å². The summed E-state index contributed by atoms with van der Waals surface area (Å²) in [6.07, 6.45) is 3.84. The maximum Gasteiger partial charge on any atom is 0.271 e. The lowest BCUT2D eigenvalue weighted by atomic mass is 9.68. The SMILES string of the molecule is Cc1cc(NC2C3(C)CCC(C3)C2(C)C)cc([N+](=O)[O-])c1. The van der Waals surface area contributed by atoms with Crippen LogP contribution >= 0.6 is 0 Å². The molecule has 0 saturated heterocycles. The van der Waals surface area contributed by atoms with Gasteiger partial charge in [0.05, 0.1) is 4.92 Å². The number of fused-ring (bicyclic) bond motifs is 2. The molecule has 2 aliphatic rings. The lowest BCUT2D eigenvalue weighted by Gasteiger charge is -2.43. The second-order valence-corrected chi connectivity index (χ2v) is 7.81. The molecule has 0 amide bonds. The summed E-state index contributed by atoms with van der Waals surface area (Å²) < 4.78 is 0. The molecule has 3 rings (SSSR count). The van der Waals surface area contributed by atoms with Crippen LogP contribution in [0.2, 0.25) is 0 Å². The van der Waals surface area contributed by atoms with Gasteiger partial charge in [-0.1, -0.05) is 20.8 Å². The third-order valence-electron chi connectivity index (χ3n) is 5.85. The van der Waals surface area contributed by atoms with Gasteiger partial charge in [-0.25, -0.2) is 0 Å². The van der Waals surface area contributed by atoms with Gasteiger partial charge in [-0.05, 0) is 54.6 Å². The first-order valence-corrected chi connectivity index (χ1v) is 7.75. The second-order valence-electron chi connectivity index (χ2n) is 7.81. The Morgan fingerprint density at radius 2 is 2.00 bits per heavy atom. The van der Waals surface area contributed by atoms with Crippen LogP contribution in [0.25, 0.3) is 0 Å². The van der Waals surface area contributed by atoms with Gasteiger partial charge in [-0.15, -0.1) is 0 Å². The Hall–Kier alpha value is -1.58. The fourth-order valence-corrected chi connectivity index (χ4v) is 4.78. The molecule has 1 aromatic carbocycles. The van der Waals surface area contributed by atoms with E-state index in [2.05, 4.69) is 26.1 Å². The summed E-state index contributed by atoms with van der Waals surface area (Å²) in [5.74, 6) is 0.764. The summed E-state index contributed by atoms with van der Waals surface area (Å²) in [5, 5.41) is 14.7. The highest BCUT2D eigenvalue weighted by atomic mass is 16.6. The maximum absolute atomic E-state index is 11.0. The van der Waals surface area contributed by atoms with Crippen LogP contribution in [0.4, 0.5) is 11.4 Å². The van der Waals surface area contributed by atoms with Crippen molar-refractivity contribution in [1.82, 2.24) is 0 Å². The number of hydrogen-bond acceptors (Lipinski definition) is 3. The molecule has 4 nitrogen and oxygen atoms in total. The van der Waals surface area contributed by atoms with Crippen molar-refractivity contribution in [2.24, 2.45) is 16.7 Å². The highest BCUT2D eigenvalue weighted by molar-refractivity contribution is 5.55. The van der Waals surface area contributed by atoms with Crippen molar-refractivity contribution >= 4 is 11.4 Å². The summed E-state index contributed by atoms with van der Waals surface area (Å²) in [5.41, 5.74) is 2.54. The third kappa shape index (κ3) is 2.21. The molecule has 0 aromatic heterocycles. The van der Waals surface area contributed by atoms with Crippen LogP contribution in [0.3, 0.4) is 0 Å². The van der Waals surface area contributed by atoms with Crippen molar-refractivity contribution in [3.63, 3.8) is 0 Å². The van der Waals surface area contributed by atoms with E-state index in [0.717, 1.165) is 17.2 Å². The minimum absolute atomic E-state index is 0.170. The Labute approximate surface area is 126 Å². The van der Waals surface area contributed by atoms with E-state index >= 15 is 0 Å². The van der Waals surface area contributed by atoms with Crippen LogP contribution in [-0.2, 0) is 0 Å². The second kappa shape index (κ2) is 4.46. The van der Waals surface area contributed by atoms with Gasteiger partial charge in [0.15, 0.2) is 0 Å². The van der Waals surface area contributed by atoms with E-state index in [4.69, 9.17) is 0 Å². The van der Waals surface area contributed by atoms with E-state index in [1.54, 1.807) is 12.1 Å². The van der Waals surface area contributed by atoms with E-state index in [1.165, 1.54) is 19.3 Å². The quantitative estimate of drug-likeness (QED) is 0.656. The molecule has 2 fully saturated rings. The number of nitrogens with one attached hydrogen (secondary N) is 1. The molecule has 21 heavy (non-hydrogen) atoms. The normalized spacial score (nSPS) is 33.1. The molecular weight excluding hydrogens is 264 g/mol. The molecule has 0 aliphatic heterocycles. The van der Waals surface area contributed by atoms with E-state index in [-0.39, 0.29) is 16.0 Å². The van der Waals surface area contributed by atoms with Gasteiger partial charge in [-0.3, -0.25) is 10.1 Å². The maximum atomic E-state index is 11.0. The number of non-ortho nitro benzene ring substituents is 1. The van der Waals surface area contributed by atoms with Crippen molar-refractivity contribution in [1.29, 1.82) is 0 Å². The average Bonchev–Trinajstić information content (AvgIpc) is 2.85. The van der Waals surface area contributed by atoms with Crippen LogP contribution < -0.4 is 5.32 Å². The largest absolute Gasteiger partial charge is 0.381 e. The van der Waals surface area contributed by atoms with Crippen LogP contribution in [-0.4, -0.2) is 11.0 Å². The topological polar surface area (TPSA) is 55.2 Å². The molecule has 2 bridgehead atoms. The van der Waals surface area contributed by atoms with Crippen molar-refractivity contribution in [3.8, 4) is 0 Å². The van der Waals surface area contributed by atoms with E-state index in [1.807, 2.05) is 13.0 Å². The number of nitro groups is 1. The first-order valence-electron chi connectivity index (χ1n) is 7.75. The minimum atomic E-state index is -0.314. The summed E-state index contributed by atoms with van der Waals surface area (Å²) in [6, 6.07) is 5.68. The fourth-order valence-electron chi connectivity index (χ4n) is 4.78. The minimum Gasteiger partial charge on any atom is -0.381 e. The van der Waals surface area contributed by atoms with Crippen LogP contribution in [0.15, 0.2) is 18.2 Å². The van der Waals surface area contributed by atoms with Crippen molar-refractivity contribution < 1.29 is 4.92 Å². The zero-order valence-electron chi connectivity index (χ0n) is 13.3. The smallest absolute Gasteiger partial charge is 0.271 e. The van der Waals surface area contributed by atoms with E-state index < -0.39 is 0 Å². The molecule has 1 aromatic rings. The summed E-state index contributed by atoms with van der Waals surface area (Å²) in [4.78, 5) is 10.7. The molecule has 0 spiro atoms. The zero-order valence-corrected chi connectivity index (χ0v) is 13.3. The van der Waals surface area contributed by atoms with Gasteiger partial charge >= 0.3 is 0 Å². The number of nitro benzene ring substituents is 1. The van der Waals surface area contributed by atoms with E-state index in [0.29, 0.717) is 11.5 Å². The molecule has 1 N–H and O–H groups in total.